The summed E-state index contributed by atoms with van der Waals surface area (Å²) >= 11 is 0. The Balaban J connectivity index is 0.000000173. The second-order valence-electron chi connectivity index (χ2n) is 14.6. The topological polar surface area (TPSA) is 32.3 Å². The predicted molar refractivity (Wildman–Crippen MR) is 203 cm³/mol. The van der Waals surface area contributed by atoms with Crippen molar-refractivity contribution in [2.24, 2.45) is 0 Å². The Hall–Kier alpha value is -3.41. The van der Waals surface area contributed by atoms with Crippen LogP contribution in [0.25, 0.3) is 0 Å². The predicted octanol–water partition coefficient (Wildman–Crippen LogP) is 7.35. The van der Waals surface area contributed by atoms with E-state index < -0.39 is 12.5 Å². The number of para-hydroxylation sites is 1. The van der Waals surface area contributed by atoms with Gasteiger partial charge in [-0.1, -0.05) is 18.2 Å². The molecule has 4 heterocycles. The van der Waals surface area contributed by atoms with Crippen molar-refractivity contribution in [2.45, 2.75) is 85.1 Å². The number of alkyl halides is 2. The lowest BCUT2D eigenvalue weighted by Crippen LogP contribution is -2.58. The van der Waals surface area contributed by atoms with Crippen LogP contribution >= 0.6 is 0 Å². The van der Waals surface area contributed by atoms with Crippen LogP contribution in [0.3, 0.4) is 0 Å². The summed E-state index contributed by atoms with van der Waals surface area (Å²) < 4.78 is 52.0. The van der Waals surface area contributed by atoms with Gasteiger partial charge in [0, 0.05) is 101 Å². The summed E-state index contributed by atoms with van der Waals surface area (Å²) in [5, 5.41) is 0. The van der Waals surface area contributed by atoms with E-state index >= 15 is 0 Å². The molecule has 51 heavy (non-hydrogen) atoms. The summed E-state index contributed by atoms with van der Waals surface area (Å²) in [6.07, 6.45) is -1.08. The van der Waals surface area contributed by atoms with Gasteiger partial charge in [0.25, 0.3) is 6.43 Å². The number of aromatic nitrogens is 1. The van der Waals surface area contributed by atoms with Gasteiger partial charge in [-0.05, 0) is 97.0 Å². The average molecular weight is 714 g/mol. The van der Waals surface area contributed by atoms with E-state index in [1.165, 1.54) is 43.2 Å². The van der Waals surface area contributed by atoms with Gasteiger partial charge in [0.05, 0.1) is 12.2 Å². The maximum absolute atomic E-state index is 13.2. The molecule has 7 nitrogen and oxygen atoms in total. The Morgan fingerprint density at radius 2 is 1.12 bits per heavy atom. The first-order chi connectivity index (χ1) is 24.3. The second-order valence-corrected chi connectivity index (χ2v) is 14.6. The third-order valence-electron chi connectivity index (χ3n) is 10.2. The fourth-order valence-electron chi connectivity index (χ4n) is 7.21. The Morgan fingerprint density at radius 1 is 0.569 bits per heavy atom. The van der Waals surface area contributed by atoms with Crippen molar-refractivity contribution in [2.75, 3.05) is 80.1 Å². The molecule has 3 fully saturated rings. The van der Waals surface area contributed by atoms with Gasteiger partial charge in [0.2, 0.25) is 0 Å². The van der Waals surface area contributed by atoms with Gasteiger partial charge in [0.15, 0.2) is 0 Å². The number of nitrogens with zero attached hydrogens (tertiary/aromatic N) is 7. The van der Waals surface area contributed by atoms with Gasteiger partial charge >= 0.3 is 0 Å². The minimum absolute atomic E-state index is 0.106. The van der Waals surface area contributed by atoms with E-state index in [-0.39, 0.29) is 24.2 Å². The summed E-state index contributed by atoms with van der Waals surface area (Å²) in [5.74, 6) is 0.291. The number of rotatable bonds is 7. The first-order valence-electron chi connectivity index (χ1n) is 18.5. The molecule has 1 unspecified atom stereocenters. The number of benzene rings is 2. The highest BCUT2D eigenvalue weighted by Crippen LogP contribution is 2.24. The van der Waals surface area contributed by atoms with Crippen molar-refractivity contribution in [3.05, 3.63) is 84.6 Å². The molecule has 3 saturated heterocycles. The molecule has 0 bridgehead atoms. The van der Waals surface area contributed by atoms with Gasteiger partial charge in [0.1, 0.15) is 17.5 Å². The number of hydrogen-bond donors (Lipinski definition) is 0. The summed E-state index contributed by atoms with van der Waals surface area (Å²) in [6, 6.07) is 21.1. The lowest BCUT2D eigenvalue weighted by molar-refractivity contribution is 0.00384. The highest BCUT2D eigenvalue weighted by Gasteiger charge is 2.35. The summed E-state index contributed by atoms with van der Waals surface area (Å²) in [4.78, 5) is 17.6. The first kappa shape index (κ1) is 40.4. The third kappa shape index (κ3) is 11.8. The Kier molecular flexibility index (Phi) is 15.4. The Morgan fingerprint density at radius 3 is 1.65 bits per heavy atom. The monoisotopic (exact) mass is 713 g/mol. The number of hydrogen-bond acceptors (Lipinski definition) is 7. The number of pyridine rings is 1. The highest BCUT2D eigenvalue weighted by molar-refractivity contribution is 5.47. The first-order valence-corrected chi connectivity index (χ1v) is 18.5. The van der Waals surface area contributed by atoms with Gasteiger partial charge in [-0.15, -0.1) is 0 Å². The Labute approximate surface area is 303 Å². The van der Waals surface area contributed by atoms with Gasteiger partial charge in [-0.2, -0.15) is 0 Å². The van der Waals surface area contributed by atoms with Crippen LogP contribution in [-0.2, 0) is 0 Å². The van der Waals surface area contributed by atoms with Crippen molar-refractivity contribution in [3.63, 3.8) is 0 Å². The van der Waals surface area contributed by atoms with E-state index in [9.17, 15) is 17.6 Å². The molecule has 3 aliphatic heterocycles. The molecule has 282 valence electrons. The van der Waals surface area contributed by atoms with E-state index in [0.29, 0.717) is 31.2 Å². The maximum atomic E-state index is 13.2. The van der Waals surface area contributed by atoms with Crippen LogP contribution in [0.2, 0.25) is 0 Å². The zero-order chi connectivity index (χ0) is 37.1. The summed E-state index contributed by atoms with van der Waals surface area (Å²) in [5.41, 5.74) is 2.16. The smallest absolute Gasteiger partial charge is 0.255 e. The van der Waals surface area contributed by atoms with Crippen molar-refractivity contribution in [1.82, 2.24) is 19.7 Å². The standard InChI is InChI=1S/C14H19F3N2.C13H20FN3.C13H20N2/c1-10(2)19-8-7-18(9-13(19)14(16)17)12-5-3-11(15)4-6-12;1-10(2)17-7-6-16(9-11(17)3)13-5-4-12(14)8-15-13;1-12(2)14-8-10-15(11-9-14)13-6-4-3-5-7-13/h3-6,10,13-14H,7-9H2,1-2H3;4-5,8,10-11H,6-7,9H2,1-3H3;3-7,12H,8-11H2,1-2H3/t;11-;/m.1./s1. The molecular weight excluding hydrogens is 654 g/mol. The van der Waals surface area contributed by atoms with Gasteiger partial charge < -0.3 is 14.7 Å². The molecule has 2 aromatic carbocycles. The number of halogens is 4. The molecule has 0 radical (unpaired) electrons. The lowest BCUT2D eigenvalue weighted by atomic mass is 10.1. The highest BCUT2D eigenvalue weighted by atomic mass is 19.3. The maximum Gasteiger partial charge on any atom is 0.255 e. The zero-order valence-electron chi connectivity index (χ0n) is 31.6. The lowest BCUT2D eigenvalue weighted by Gasteiger charge is -2.44. The molecule has 0 amide bonds. The van der Waals surface area contributed by atoms with Crippen molar-refractivity contribution < 1.29 is 17.6 Å². The van der Waals surface area contributed by atoms with E-state index in [1.54, 1.807) is 18.2 Å². The summed E-state index contributed by atoms with van der Waals surface area (Å²) in [7, 11) is 0. The third-order valence-corrected chi connectivity index (χ3v) is 10.2. The van der Waals surface area contributed by atoms with E-state index in [2.05, 4.69) is 89.5 Å². The molecule has 3 aromatic rings. The van der Waals surface area contributed by atoms with Crippen LogP contribution in [0.4, 0.5) is 34.8 Å². The average Bonchev–Trinajstić information content (AvgIpc) is 3.12. The molecule has 6 rings (SSSR count). The fourth-order valence-corrected chi connectivity index (χ4v) is 7.21. The molecule has 2 atom stereocenters. The zero-order valence-corrected chi connectivity index (χ0v) is 31.6. The molecule has 0 aliphatic carbocycles. The van der Waals surface area contributed by atoms with Crippen LogP contribution in [0.15, 0.2) is 72.9 Å². The normalized spacial score (nSPS) is 20.8. The number of piperazine rings is 3. The van der Waals surface area contributed by atoms with E-state index in [1.807, 2.05) is 23.6 Å². The molecule has 11 heteroatoms. The van der Waals surface area contributed by atoms with Crippen molar-refractivity contribution >= 4 is 17.2 Å². The van der Waals surface area contributed by atoms with Crippen LogP contribution in [0.1, 0.15) is 48.5 Å². The van der Waals surface area contributed by atoms with Gasteiger partial charge in [-0.25, -0.2) is 22.5 Å². The van der Waals surface area contributed by atoms with E-state index in [4.69, 9.17) is 0 Å². The van der Waals surface area contributed by atoms with Gasteiger partial charge in [-0.3, -0.25) is 14.7 Å². The van der Waals surface area contributed by atoms with Crippen molar-refractivity contribution in [3.8, 4) is 0 Å². The minimum atomic E-state index is -2.37. The summed E-state index contributed by atoms with van der Waals surface area (Å²) in [6.45, 7) is 24.3. The molecular formula is C40H59F4N7. The van der Waals surface area contributed by atoms with Crippen molar-refractivity contribution in [1.29, 1.82) is 0 Å². The quantitative estimate of drug-likeness (QED) is 0.237. The fraction of sp³-hybridized carbons (Fsp3) is 0.575. The number of anilines is 3. The molecule has 0 N–H and O–H groups in total. The van der Waals surface area contributed by atoms with E-state index in [0.717, 1.165) is 44.2 Å². The largest absolute Gasteiger partial charge is 0.369 e. The van der Waals surface area contributed by atoms with Crippen LogP contribution < -0.4 is 14.7 Å². The van der Waals surface area contributed by atoms with Crippen LogP contribution in [0, 0.1) is 11.6 Å². The molecule has 1 aromatic heterocycles. The molecule has 3 aliphatic rings. The Bertz CT molecular complexity index is 1400. The molecule has 0 saturated carbocycles. The SMILES string of the molecule is CC(C)N1CCN(c2ccc(F)cc2)CC1C(F)F.CC(C)N1CCN(c2ccc(F)cn2)C[C@H]1C.CC(C)N1CCN(c2ccccc2)CC1. The minimum Gasteiger partial charge on any atom is -0.369 e. The second kappa shape index (κ2) is 19.4. The van der Waals surface area contributed by atoms with Crippen LogP contribution in [-0.4, -0.2) is 122 Å². The van der Waals surface area contributed by atoms with Crippen LogP contribution in [0.5, 0.6) is 0 Å². The molecule has 0 spiro atoms.